The van der Waals surface area contributed by atoms with E-state index in [0.29, 0.717) is 6.54 Å². The van der Waals surface area contributed by atoms with Crippen molar-refractivity contribution in [2.24, 2.45) is 0 Å². The zero-order chi connectivity index (χ0) is 8.65. The Hall–Kier alpha value is -1.58. The van der Waals surface area contributed by atoms with Crippen molar-refractivity contribution in [2.45, 2.75) is 6.54 Å². The fourth-order valence-electron chi connectivity index (χ4n) is 0.714. The second kappa shape index (κ2) is 5.12. The molecule has 0 bridgehead atoms. The molecule has 0 aliphatic heterocycles. The van der Waals surface area contributed by atoms with Gasteiger partial charge in [-0.3, -0.25) is 0 Å². The smallest absolute Gasteiger partial charge is 0.147 e. The summed E-state index contributed by atoms with van der Waals surface area (Å²) in [6.07, 6.45) is 7.08. The third kappa shape index (κ3) is 3.01. The Morgan fingerprint density at radius 1 is 1.33 bits per heavy atom. The molecule has 0 amide bonds. The highest BCUT2D eigenvalue weighted by atomic mass is 14.9. The number of aromatic nitrogens is 2. The third-order valence-corrected chi connectivity index (χ3v) is 1.25. The van der Waals surface area contributed by atoms with Crippen LogP contribution in [0.3, 0.4) is 0 Å². The summed E-state index contributed by atoms with van der Waals surface area (Å²) in [4.78, 5) is 8.10. The van der Waals surface area contributed by atoms with Crippen molar-refractivity contribution in [1.82, 2.24) is 20.6 Å². The molecule has 0 spiro atoms. The summed E-state index contributed by atoms with van der Waals surface area (Å²) in [5, 5.41) is 5.90. The summed E-state index contributed by atoms with van der Waals surface area (Å²) in [7, 11) is 1.84. The fraction of sp³-hybridized carbons (Fsp3) is 0.250. The highest BCUT2D eigenvalue weighted by molar-refractivity contribution is 4.89. The molecule has 1 aromatic heterocycles. The highest BCUT2D eigenvalue weighted by Crippen LogP contribution is 1.84. The quantitative estimate of drug-likeness (QED) is 0.670. The summed E-state index contributed by atoms with van der Waals surface area (Å²) >= 11 is 0. The van der Waals surface area contributed by atoms with Crippen LogP contribution in [0.25, 0.3) is 0 Å². The standard InChI is InChI=1S/C8H12N4/c1-9-5-6-10-7-8-11-3-2-4-12-8/h2-6,9-10H,7H2,1H3/b6-5-. The molecule has 4 heteroatoms. The van der Waals surface area contributed by atoms with E-state index in [2.05, 4.69) is 20.6 Å². The van der Waals surface area contributed by atoms with E-state index in [0.717, 1.165) is 5.82 Å². The van der Waals surface area contributed by atoms with E-state index in [4.69, 9.17) is 0 Å². The molecule has 4 nitrogen and oxygen atoms in total. The second-order valence-corrected chi connectivity index (χ2v) is 2.17. The van der Waals surface area contributed by atoms with Gasteiger partial charge in [0.05, 0.1) is 6.54 Å². The first-order valence-corrected chi connectivity index (χ1v) is 3.75. The van der Waals surface area contributed by atoms with Crippen molar-refractivity contribution in [3.05, 3.63) is 36.7 Å². The first kappa shape index (κ1) is 8.52. The lowest BCUT2D eigenvalue weighted by atomic mass is 10.5. The topological polar surface area (TPSA) is 49.8 Å². The van der Waals surface area contributed by atoms with Crippen molar-refractivity contribution >= 4 is 0 Å². The van der Waals surface area contributed by atoms with Gasteiger partial charge < -0.3 is 10.6 Å². The average Bonchev–Trinajstić information content (AvgIpc) is 2.14. The molecule has 0 aliphatic carbocycles. The van der Waals surface area contributed by atoms with Crippen molar-refractivity contribution < 1.29 is 0 Å². The first-order chi connectivity index (χ1) is 5.93. The summed E-state index contributed by atoms with van der Waals surface area (Å²) in [6, 6.07) is 1.80. The maximum atomic E-state index is 4.05. The van der Waals surface area contributed by atoms with E-state index < -0.39 is 0 Å². The molecular weight excluding hydrogens is 152 g/mol. The molecule has 2 N–H and O–H groups in total. The number of nitrogens with zero attached hydrogens (tertiary/aromatic N) is 2. The summed E-state index contributed by atoms with van der Waals surface area (Å²) in [6.45, 7) is 0.652. The number of rotatable bonds is 4. The van der Waals surface area contributed by atoms with E-state index in [-0.39, 0.29) is 0 Å². The van der Waals surface area contributed by atoms with Gasteiger partial charge in [-0.25, -0.2) is 9.97 Å². The van der Waals surface area contributed by atoms with E-state index in [1.54, 1.807) is 18.5 Å². The normalized spacial score (nSPS) is 10.1. The molecule has 64 valence electrons. The van der Waals surface area contributed by atoms with Crippen molar-refractivity contribution in [3.63, 3.8) is 0 Å². The Morgan fingerprint density at radius 3 is 2.75 bits per heavy atom. The third-order valence-electron chi connectivity index (χ3n) is 1.25. The Morgan fingerprint density at radius 2 is 2.08 bits per heavy atom. The van der Waals surface area contributed by atoms with E-state index >= 15 is 0 Å². The first-order valence-electron chi connectivity index (χ1n) is 3.75. The van der Waals surface area contributed by atoms with Crippen LogP contribution >= 0.6 is 0 Å². The maximum absolute atomic E-state index is 4.05. The maximum Gasteiger partial charge on any atom is 0.147 e. The molecule has 0 atom stereocenters. The van der Waals surface area contributed by atoms with E-state index in [9.17, 15) is 0 Å². The molecule has 1 heterocycles. The lowest BCUT2D eigenvalue weighted by molar-refractivity contribution is 0.789. The molecule has 0 saturated carbocycles. The predicted molar refractivity (Wildman–Crippen MR) is 47.1 cm³/mol. The van der Waals surface area contributed by atoms with Gasteiger partial charge in [0.15, 0.2) is 0 Å². The second-order valence-electron chi connectivity index (χ2n) is 2.17. The van der Waals surface area contributed by atoms with Gasteiger partial charge in [0.2, 0.25) is 0 Å². The van der Waals surface area contributed by atoms with Crippen LogP contribution in [0.2, 0.25) is 0 Å². The molecule has 0 unspecified atom stereocenters. The Labute approximate surface area is 71.7 Å². The monoisotopic (exact) mass is 164 g/mol. The van der Waals surface area contributed by atoms with Crippen molar-refractivity contribution in [3.8, 4) is 0 Å². The molecule has 1 rings (SSSR count). The Balaban J connectivity index is 2.29. The zero-order valence-corrected chi connectivity index (χ0v) is 6.99. The molecule has 0 fully saturated rings. The van der Waals surface area contributed by atoms with Crippen LogP contribution in [0.15, 0.2) is 30.9 Å². The van der Waals surface area contributed by atoms with Crippen LogP contribution in [0.1, 0.15) is 5.82 Å². The zero-order valence-electron chi connectivity index (χ0n) is 6.99. The van der Waals surface area contributed by atoms with Gasteiger partial charge in [0.1, 0.15) is 5.82 Å². The van der Waals surface area contributed by atoms with Crippen molar-refractivity contribution in [1.29, 1.82) is 0 Å². The van der Waals surface area contributed by atoms with Gasteiger partial charge in [-0.05, 0) is 6.07 Å². The van der Waals surface area contributed by atoms with Gasteiger partial charge in [-0.2, -0.15) is 0 Å². The van der Waals surface area contributed by atoms with Crippen molar-refractivity contribution in [2.75, 3.05) is 7.05 Å². The van der Waals surface area contributed by atoms with Crippen LogP contribution in [0.4, 0.5) is 0 Å². The minimum Gasteiger partial charge on any atom is -0.393 e. The molecule has 0 saturated heterocycles. The molecule has 0 aromatic carbocycles. The van der Waals surface area contributed by atoms with E-state index in [1.807, 2.05) is 19.4 Å². The lowest BCUT2D eigenvalue weighted by Crippen LogP contribution is -2.09. The predicted octanol–water partition coefficient (Wildman–Crippen LogP) is 0.257. The van der Waals surface area contributed by atoms with Crippen LogP contribution in [0, 0.1) is 0 Å². The summed E-state index contributed by atoms with van der Waals surface area (Å²) in [5.74, 6) is 0.790. The van der Waals surface area contributed by atoms with Gasteiger partial charge in [-0.1, -0.05) is 0 Å². The van der Waals surface area contributed by atoms with Gasteiger partial charge in [0.25, 0.3) is 0 Å². The van der Waals surface area contributed by atoms with Gasteiger partial charge in [-0.15, -0.1) is 0 Å². The largest absolute Gasteiger partial charge is 0.393 e. The number of nitrogens with one attached hydrogen (secondary N) is 2. The fourth-order valence-corrected chi connectivity index (χ4v) is 0.714. The number of hydrogen-bond acceptors (Lipinski definition) is 4. The molecule has 12 heavy (non-hydrogen) atoms. The highest BCUT2D eigenvalue weighted by Gasteiger charge is 1.88. The molecule has 1 aromatic rings. The summed E-state index contributed by atoms with van der Waals surface area (Å²) in [5.41, 5.74) is 0. The van der Waals surface area contributed by atoms with Crippen LogP contribution in [-0.4, -0.2) is 17.0 Å². The minimum absolute atomic E-state index is 0.652. The molecule has 0 radical (unpaired) electrons. The lowest BCUT2D eigenvalue weighted by Gasteiger charge is -1.97. The number of hydrogen-bond donors (Lipinski definition) is 2. The van der Waals surface area contributed by atoms with E-state index in [1.165, 1.54) is 0 Å². The van der Waals surface area contributed by atoms with Crippen LogP contribution < -0.4 is 10.6 Å². The average molecular weight is 164 g/mol. The van der Waals surface area contributed by atoms with Gasteiger partial charge >= 0.3 is 0 Å². The van der Waals surface area contributed by atoms with Crippen LogP contribution in [0.5, 0.6) is 0 Å². The SMILES string of the molecule is CN/C=C\NCc1ncccn1. The Bertz CT molecular complexity index is 232. The summed E-state index contributed by atoms with van der Waals surface area (Å²) < 4.78 is 0. The van der Waals surface area contributed by atoms with Crippen LogP contribution in [-0.2, 0) is 6.54 Å². The molecular formula is C8H12N4. The van der Waals surface area contributed by atoms with Gasteiger partial charge in [0, 0.05) is 31.8 Å². The Kier molecular flexibility index (Phi) is 3.63. The molecule has 0 aliphatic rings. The minimum atomic E-state index is 0.652.